The number of unbranched alkanes of at least 4 members (excludes halogenated alkanes) is 15. The molecule has 0 saturated heterocycles. The Morgan fingerprint density at radius 2 is 0.893 bits per heavy atom. The summed E-state index contributed by atoms with van der Waals surface area (Å²) in [5, 5.41) is 0. The van der Waals surface area contributed by atoms with Crippen molar-refractivity contribution in [3.63, 3.8) is 0 Å². The summed E-state index contributed by atoms with van der Waals surface area (Å²) in [7, 11) is 6.89. The first kappa shape index (κ1) is 35.7. The highest BCUT2D eigenvalue weighted by Crippen LogP contribution is 2.13. The molecule has 0 radical (unpaired) electrons. The van der Waals surface area contributed by atoms with E-state index in [4.69, 9.17) is 5.73 Å². The first-order chi connectivity index (χ1) is 12.5. The van der Waals surface area contributed by atoms with Crippen molar-refractivity contribution in [1.82, 2.24) is 0 Å². The molecule has 4 heteroatoms. The first-order valence-corrected chi connectivity index (χ1v) is 11.6. The van der Waals surface area contributed by atoms with Crippen LogP contribution in [0.3, 0.4) is 0 Å². The fourth-order valence-electron chi connectivity index (χ4n) is 3.13. The Morgan fingerprint density at radius 1 is 0.643 bits per heavy atom. The average Bonchev–Trinajstić information content (AvgIpc) is 2.60. The maximum absolute atomic E-state index is 4.91. The molecule has 0 unspecified atom stereocenters. The van der Waals surface area contributed by atoms with E-state index < -0.39 is 0 Å². The van der Waals surface area contributed by atoms with Crippen molar-refractivity contribution in [1.29, 1.82) is 0 Å². The normalized spacial score (nSPS) is 10.3. The summed E-state index contributed by atoms with van der Waals surface area (Å²) in [4.78, 5) is 0. The van der Waals surface area contributed by atoms with Crippen LogP contribution in [0.25, 0.3) is 0 Å². The molecule has 0 amide bonds. The lowest BCUT2D eigenvalue weighted by Gasteiger charge is -2.23. The Balaban J connectivity index is -0.000000435. The summed E-state index contributed by atoms with van der Waals surface area (Å²) in [6, 6.07) is 0. The molecule has 174 valence electrons. The van der Waals surface area contributed by atoms with Crippen LogP contribution in [0.15, 0.2) is 12.7 Å². The monoisotopic (exact) mass is 440 g/mol. The third-order valence-electron chi connectivity index (χ3n) is 4.85. The molecular weight excluding hydrogens is 387 g/mol. The molecule has 0 aliphatic carbocycles. The van der Waals surface area contributed by atoms with E-state index in [0.717, 1.165) is 4.48 Å². The van der Waals surface area contributed by atoms with Crippen LogP contribution in [0, 0.1) is 0 Å². The first-order valence-electron chi connectivity index (χ1n) is 11.6. The number of nitrogens with two attached hydrogens (primary N) is 1. The van der Waals surface area contributed by atoms with Gasteiger partial charge < -0.3 is 22.6 Å². The third kappa shape index (κ3) is 40.8. The Hall–Kier alpha value is 0.240. The minimum absolute atomic E-state index is 0. The lowest BCUT2D eigenvalue weighted by molar-refractivity contribution is -0.870. The molecule has 0 rings (SSSR count). The number of halogens is 2. The topological polar surface area (TPSA) is 26.0 Å². The predicted molar refractivity (Wildman–Crippen MR) is 129 cm³/mol. The van der Waals surface area contributed by atoms with Gasteiger partial charge in [-0.2, -0.15) is 0 Å². The van der Waals surface area contributed by atoms with E-state index in [1.54, 1.807) is 6.08 Å². The molecule has 2 nitrogen and oxygen atoms in total. The molecule has 0 bridgehead atoms. The zero-order valence-corrected chi connectivity index (χ0v) is 21.4. The van der Waals surface area contributed by atoms with Gasteiger partial charge in [-0.1, -0.05) is 103 Å². The predicted octanol–water partition coefficient (Wildman–Crippen LogP) is 4.51. The van der Waals surface area contributed by atoms with Crippen molar-refractivity contribution in [3.05, 3.63) is 12.7 Å². The molecule has 0 aliphatic heterocycles. The number of quaternary nitrogens is 1. The minimum Gasteiger partial charge on any atom is -1.00 e. The molecule has 0 atom stereocenters. The zero-order valence-electron chi connectivity index (χ0n) is 19.8. The van der Waals surface area contributed by atoms with Crippen LogP contribution in [0.2, 0.25) is 0 Å². The van der Waals surface area contributed by atoms with Gasteiger partial charge >= 0.3 is 0 Å². The summed E-state index contributed by atoms with van der Waals surface area (Å²) < 4.78 is 1.12. The standard InChI is InChI=1S/C21H46N.C3H7N.2ClH/c1-5-6-7-8-9-10-11-12-13-14-15-16-17-18-19-20-21-22(2,3)4;1-2-3-4;;/h5-21H2,1-4H3;2H,1,3-4H2;2*1H/q+1;;;/p-1. The van der Waals surface area contributed by atoms with Crippen molar-refractivity contribution < 1.29 is 16.9 Å². The molecule has 0 aromatic heterocycles. The fourth-order valence-corrected chi connectivity index (χ4v) is 3.13. The summed E-state index contributed by atoms with van der Waals surface area (Å²) >= 11 is 0. The number of rotatable bonds is 18. The molecule has 0 fully saturated rings. The maximum atomic E-state index is 4.91. The van der Waals surface area contributed by atoms with Gasteiger partial charge in [-0.25, -0.2) is 0 Å². The van der Waals surface area contributed by atoms with Crippen LogP contribution in [0.5, 0.6) is 0 Å². The summed E-state index contributed by atoms with van der Waals surface area (Å²) in [5.74, 6) is 0. The van der Waals surface area contributed by atoms with E-state index >= 15 is 0 Å². The highest BCUT2D eigenvalue weighted by Gasteiger charge is 2.04. The smallest absolute Gasteiger partial charge is 0.0780 e. The van der Waals surface area contributed by atoms with Gasteiger partial charge in [0.2, 0.25) is 0 Å². The van der Waals surface area contributed by atoms with Crippen molar-refractivity contribution in [2.45, 2.75) is 110 Å². The van der Waals surface area contributed by atoms with Crippen LogP contribution in [-0.2, 0) is 0 Å². The van der Waals surface area contributed by atoms with Gasteiger partial charge in [0.15, 0.2) is 0 Å². The highest BCUT2D eigenvalue weighted by molar-refractivity contribution is 5.85. The molecule has 2 N–H and O–H groups in total. The minimum atomic E-state index is 0. The van der Waals surface area contributed by atoms with Crippen molar-refractivity contribution in [2.75, 3.05) is 34.2 Å². The molecule has 0 saturated carbocycles. The molecule has 0 aromatic rings. The van der Waals surface area contributed by atoms with Crippen molar-refractivity contribution in [2.24, 2.45) is 5.73 Å². The van der Waals surface area contributed by atoms with E-state index in [-0.39, 0.29) is 24.8 Å². The van der Waals surface area contributed by atoms with Crippen LogP contribution in [-0.4, -0.2) is 38.7 Å². The van der Waals surface area contributed by atoms with Crippen LogP contribution >= 0.6 is 12.4 Å². The van der Waals surface area contributed by atoms with Gasteiger partial charge in [-0.05, 0) is 12.8 Å². The van der Waals surface area contributed by atoms with E-state index in [0.29, 0.717) is 6.54 Å². The van der Waals surface area contributed by atoms with Gasteiger partial charge in [-0.3, -0.25) is 0 Å². The third-order valence-corrected chi connectivity index (χ3v) is 4.85. The van der Waals surface area contributed by atoms with E-state index in [1.807, 2.05) is 0 Å². The van der Waals surface area contributed by atoms with Crippen LogP contribution in [0.4, 0.5) is 0 Å². The molecule has 0 spiro atoms. The van der Waals surface area contributed by atoms with Gasteiger partial charge in [0.1, 0.15) is 0 Å². The summed E-state index contributed by atoms with van der Waals surface area (Å²) in [6.07, 6.45) is 25.0. The van der Waals surface area contributed by atoms with Crippen molar-refractivity contribution in [3.8, 4) is 0 Å². The van der Waals surface area contributed by atoms with Gasteiger partial charge in [0, 0.05) is 6.54 Å². The molecule has 0 aliphatic rings. The quantitative estimate of drug-likeness (QED) is 0.189. The average molecular weight is 442 g/mol. The highest BCUT2D eigenvalue weighted by atomic mass is 35.5. The van der Waals surface area contributed by atoms with Gasteiger partial charge in [0.05, 0.1) is 27.7 Å². The van der Waals surface area contributed by atoms with E-state index in [2.05, 4.69) is 34.6 Å². The van der Waals surface area contributed by atoms with Crippen LogP contribution < -0.4 is 18.1 Å². The molecule has 0 aromatic carbocycles. The van der Waals surface area contributed by atoms with Gasteiger partial charge in [0.25, 0.3) is 0 Å². The summed E-state index contributed by atoms with van der Waals surface area (Å²) in [6.45, 7) is 7.57. The zero-order chi connectivity index (χ0) is 19.9. The second-order valence-corrected chi connectivity index (χ2v) is 8.84. The molecule has 0 heterocycles. The maximum Gasteiger partial charge on any atom is 0.0780 e. The lowest BCUT2D eigenvalue weighted by Crippen LogP contribution is -3.00. The van der Waals surface area contributed by atoms with Crippen molar-refractivity contribution >= 4 is 12.4 Å². The Labute approximate surface area is 191 Å². The number of nitrogens with zero attached hydrogens (tertiary/aromatic N) is 1. The second-order valence-electron chi connectivity index (χ2n) is 8.84. The Morgan fingerprint density at radius 3 is 1.11 bits per heavy atom. The molecule has 28 heavy (non-hydrogen) atoms. The molecular formula is C24H54Cl2N2. The fraction of sp³-hybridized carbons (Fsp3) is 0.917. The van der Waals surface area contributed by atoms with E-state index in [1.165, 1.54) is 109 Å². The van der Waals surface area contributed by atoms with Gasteiger partial charge in [-0.15, -0.1) is 19.0 Å². The lowest BCUT2D eigenvalue weighted by atomic mass is 10.0. The Kier molecular flexibility index (Phi) is 37.5. The number of hydrogen-bond donors (Lipinski definition) is 1. The van der Waals surface area contributed by atoms with E-state index in [9.17, 15) is 0 Å². The van der Waals surface area contributed by atoms with Crippen LogP contribution in [0.1, 0.15) is 110 Å². The Bertz CT molecular complexity index is 266. The number of hydrogen-bond acceptors (Lipinski definition) is 1. The SMILES string of the molecule is C=CCN.CCCCCCCCCCCCCCCCCC[N+](C)(C)C.Cl.[Cl-]. The summed E-state index contributed by atoms with van der Waals surface area (Å²) in [5.41, 5.74) is 4.91. The largest absolute Gasteiger partial charge is 1.00 e. The second kappa shape index (κ2) is 29.4.